The normalized spacial score (nSPS) is 10.5. The molecule has 0 atom stereocenters. The molecule has 0 radical (unpaired) electrons. The number of hydrogen-bond donors (Lipinski definition) is 2. The van der Waals surface area contributed by atoms with Gasteiger partial charge < -0.3 is 0 Å². The van der Waals surface area contributed by atoms with Gasteiger partial charge in [-0.3, -0.25) is 0 Å². The molecule has 2 N–H and O–H groups in total. The monoisotopic (exact) mass is 500 g/mol. The zero-order valence-electron chi connectivity index (χ0n) is 18.5. The Morgan fingerprint density at radius 1 is 0.545 bits per heavy atom. The van der Waals surface area contributed by atoms with Gasteiger partial charge in [0.2, 0.25) is 0 Å². The summed E-state index contributed by atoms with van der Waals surface area (Å²) in [6.45, 7) is 4.02. The van der Waals surface area contributed by atoms with Gasteiger partial charge in [-0.25, -0.2) is 0 Å². The first kappa shape index (κ1) is 22.5. The van der Waals surface area contributed by atoms with Crippen LogP contribution in [0.4, 0.5) is 11.4 Å². The molecule has 0 aromatic heterocycles. The standard InChI is InChI=1S/C28H24N2O2Se/c1-19-11-15-21(16-12-19)29-27(31)23-7-3-5-9-25(23)33-26-10-6-4-8-24(26)28(32)30-22-17-13-20(2)14-18-22/h3-18H,1-2H3,(H,29,31)(H,30,32). The molecule has 0 aliphatic rings. The van der Waals surface area contributed by atoms with Gasteiger partial charge in [-0.15, -0.1) is 0 Å². The van der Waals surface area contributed by atoms with Crippen LogP contribution in [0.1, 0.15) is 31.8 Å². The molecule has 0 bridgehead atoms. The second kappa shape index (κ2) is 10.3. The minimum atomic E-state index is -0.234. The molecule has 0 saturated carbocycles. The predicted molar refractivity (Wildman–Crippen MR) is 136 cm³/mol. The van der Waals surface area contributed by atoms with Gasteiger partial charge in [0.05, 0.1) is 0 Å². The SMILES string of the molecule is Cc1ccc(NC(=O)c2ccccc2[Se]c2ccccc2C(=O)Nc2ccc(C)cc2)cc1. The number of nitrogens with one attached hydrogen (secondary N) is 2. The first-order valence-corrected chi connectivity index (χ1v) is 12.3. The Morgan fingerprint density at radius 2 is 0.909 bits per heavy atom. The Kier molecular flexibility index (Phi) is 7.04. The van der Waals surface area contributed by atoms with E-state index in [9.17, 15) is 9.59 Å². The second-order valence-corrected chi connectivity index (χ2v) is 10.0. The van der Waals surface area contributed by atoms with E-state index in [0.717, 1.165) is 31.4 Å². The van der Waals surface area contributed by atoms with Gasteiger partial charge in [0.1, 0.15) is 0 Å². The molecule has 4 rings (SSSR count). The summed E-state index contributed by atoms with van der Waals surface area (Å²) in [6, 6.07) is 30.6. The van der Waals surface area contributed by atoms with Crippen molar-refractivity contribution < 1.29 is 9.59 Å². The first-order valence-electron chi connectivity index (χ1n) is 10.6. The van der Waals surface area contributed by atoms with Crippen molar-refractivity contribution in [3.8, 4) is 0 Å². The predicted octanol–water partition coefficient (Wildman–Crippen LogP) is 4.46. The molecule has 0 spiro atoms. The van der Waals surface area contributed by atoms with Crippen molar-refractivity contribution in [3.05, 3.63) is 119 Å². The third-order valence-electron chi connectivity index (χ3n) is 5.10. The number of benzene rings is 4. The van der Waals surface area contributed by atoms with Gasteiger partial charge in [0, 0.05) is 0 Å². The zero-order chi connectivity index (χ0) is 23.2. The molecule has 0 heterocycles. The van der Waals surface area contributed by atoms with Crippen LogP contribution in [0.5, 0.6) is 0 Å². The minimum absolute atomic E-state index is 0.155. The number of aryl methyl sites for hydroxylation is 2. The van der Waals surface area contributed by atoms with Crippen molar-refractivity contribution >= 4 is 47.1 Å². The Balaban J connectivity index is 1.56. The molecule has 4 aromatic carbocycles. The van der Waals surface area contributed by atoms with Crippen LogP contribution in [0.25, 0.3) is 0 Å². The van der Waals surface area contributed by atoms with Gasteiger partial charge in [0.25, 0.3) is 0 Å². The second-order valence-electron chi connectivity index (χ2n) is 7.73. The van der Waals surface area contributed by atoms with Crippen molar-refractivity contribution in [1.82, 2.24) is 0 Å². The van der Waals surface area contributed by atoms with Gasteiger partial charge in [-0.05, 0) is 0 Å². The molecule has 0 aliphatic carbocycles. The summed E-state index contributed by atoms with van der Waals surface area (Å²) in [6.07, 6.45) is 0. The maximum absolute atomic E-state index is 13.0. The van der Waals surface area contributed by atoms with Gasteiger partial charge in [0.15, 0.2) is 0 Å². The summed E-state index contributed by atoms with van der Waals surface area (Å²) in [5.41, 5.74) is 5.02. The molecule has 4 nitrogen and oxygen atoms in total. The van der Waals surface area contributed by atoms with Crippen LogP contribution in [0.2, 0.25) is 0 Å². The summed E-state index contributed by atoms with van der Waals surface area (Å²) >= 11 is -0.234. The van der Waals surface area contributed by atoms with Crippen molar-refractivity contribution in [2.45, 2.75) is 13.8 Å². The molecule has 164 valence electrons. The van der Waals surface area contributed by atoms with Crippen LogP contribution in [-0.4, -0.2) is 26.8 Å². The van der Waals surface area contributed by atoms with Crippen molar-refractivity contribution in [2.24, 2.45) is 0 Å². The van der Waals surface area contributed by atoms with Crippen molar-refractivity contribution in [1.29, 1.82) is 0 Å². The molecule has 33 heavy (non-hydrogen) atoms. The van der Waals surface area contributed by atoms with E-state index in [-0.39, 0.29) is 26.8 Å². The van der Waals surface area contributed by atoms with E-state index in [1.165, 1.54) is 0 Å². The van der Waals surface area contributed by atoms with E-state index in [1.54, 1.807) is 0 Å². The van der Waals surface area contributed by atoms with E-state index in [1.807, 2.05) is 111 Å². The Hall–Kier alpha value is -3.66. The number of anilines is 2. The molecular formula is C28H24N2O2Se. The summed E-state index contributed by atoms with van der Waals surface area (Å²) in [4.78, 5) is 26.0. The average molecular weight is 499 g/mol. The zero-order valence-corrected chi connectivity index (χ0v) is 20.2. The third kappa shape index (κ3) is 5.78. The molecule has 2 amide bonds. The fraction of sp³-hybridized carbons (Fsp3) is 0.0714. The van der Waals surface area contributed by atoms with Gasteiger partial charge >= 0.3 is 200 Å². The number of hydrogen-bond acceptors (Lipinski definition) is 2. The molecule has 0 unspecified atom stereocenters. The Bertz CT molecular complexity index is 1180. The van der Waals surface area contributed by atoms with Crippen LogP contribution in [0.15, 0.2) is 97.1 Å². The summed E-state index contributed by atoms with van der Waals surface area (Å²) in [5, 5.41) is 5.96. The van der Waals surface area contributed by atoms with E-state index in [4.69, 9.17) is 0 Å². The summed E-state index contributed by atoms with van der Waals surface area (Å²) in [5.74, 6) is -0.309. The number of carbonyl (C=O) groups is 2. The van der Waals surface area contributed by atoms with E-state index in [0.29, 0.717) is 11.1 Å². The molecule has 0 aliphatic heterocycles. The molecule has 4 aromatic rings. The van der Waals surface area contributed by atoms with Crippen LogP contribution >= 0.6 is 0 Å². The van der Waals surface area contributed by atoms with Gasteiger partial charge in [-0.2, -0.15) is 0 Å². The van der Waals surface area contributed by atoms with Crippen molar-refractivity contribution in [2.75, 3.05) is 10.6 Å². The quantitative estimate of drug-likeness (QED) is 0.385. The number of rotatable bonds is 6. The molecular weight excluding hydrogens is 475 g/mol. The maximum atomic E-state index is 13.0. The topological polar surface area (TPSA) is 58.2 Å². The van der Waals surface area contributed by atoms with E-state index >= 15 is 0 Å². The fourth-order valence-corrected chi connectivity index (χ4v) is 5.52. The van der Waals surface area contributed by atoms with Gasteiger partial charge in [-0.1, -0.05) is 0 Å². The van der Waals surface area contributed by atoms with Crippen LogP contribution in [0, 0.1) is 13.8 Å². The number of amides is 2. The Morgan fingerprint density at radius 3 is 1.30 bits per heavy atom. The van der Waals surface area contributed by atoms with Crippen LogP contribution in [0.3, 0.4) is 0 Å². The molecule has 0 saturated heterocycles. The van der Waals surface area contributed by atoms with Crippen LogP contribution < -0.4 is 19.6 Å². The van der Waals surface area contributed by atoms with E-state index < -0.39 is 0 Å². The first-order chi connectivity index (χ1) is 16.0. The molecule has 0 fully saturated rings. The van der Waals surface area contributed by atoms with Crippen LogP contribution in [-0.2, 0) is 0 Å². The third-order valence-corrected chi connectivity index (χ3v) is 7.52. The number of carbonyl (C=O) groups excluding carboxylic acids is 2. The van der Waals surface area contributed by atoms with Crippen molar-refractivity contribution in [3.63, 3.8) is 0 Å². The summed E-state index contributed by atoms with van der Waals surface area (Å²) < 4.78 is 1.84. The van der Waals surface area contributed by atoms with E-state index in [2.05, 4.69) is 10.6 Å². The Labute approximate surface area is 200 Å². The molecule has 5 heteroatoms. The summed E-state index contributed by atoms with van der Waals surface area (Å²) in [7, 11) is 0. The average Bonchev–Trinajstić information content (AvgIpc) is 2.82. The fourth-order valence-electron chi connectivity index (χ4n) is 3.28.